The number of rotatable bonds is 1. The third kappa shape index (κ3) is 2.36. The number of hydrogen-bond donors (Lipinski definition) is 0. The van der Waals surface area contributed by atoms with Gasteiger partial charge >= 0.3 is 0 Å². The summed E-state index contributed by atoms with van der Waals surface area (Å²) >= 11 is 6.32. The van der Waals surface area contributed by atoms with Crippen LogP contribution in [0.1, 0.15) is 5.56 Å². The zero-order chi connectivity index (χ0) is 19.5. The van der Waals surface area contributed by atoms with E-state index in [2.05, 4.69) is 12.1 Å². The molecule has 0 fully saturated rings. The van der Waals surface area contributed by atoms with Gasteiger partial charge in [0, 0.05) is 16.0 Å². The Morgan fingerprint density at radius 3 is 2.45 bits per heavy atom. The second-order valence-corrected chi connectivity index (χ2v) is 7.62. The molecule has 0 N–H and O–H groups in total. The van der Waals surface area contributed by atoms with Gasteiger partial charge in [0.15, 0.2) is 5.82 Å². The molecule has 0 radical (unpaired) electrons. The molecule has 0 saturated heterocycles. The molecule has 0 amide bonds. The monoisotopic (exact) mass is 395 g/mol. The van der Waals surface area contributed by atoms with Crippen LogP contribution >= 0.6 is 11.6 Å². The fraction of sp³-hybridized carbons (Fsp3) is 0.0417. The first-order chi connectivity index (χ1) is 14.2. The first kappa shape index (κ1) is 16.5. The second-order valence-electron chi connectivity index (χ2n) is 7.19. The number of hydrogen-bond acceptors (Lipinski definition) is 3. The minimum absolute atomic E-state index is 0.0373. The molecule has 0 unspecified atom stereocenters. The Bertz CT molecular complexity index is 1510. The van der Waals surface area contributed by atoms with Crippen molar-refractivity contribution in [1.29, 1.82) is 0 Å². The van der Waals surface area contributed by atoms with Crippen molar-refractivity contribution >= 4 is 33.4 Å². The van der Waals surface area contributed by atoms with E-state index in [0.29, 0.717) is 28.3 Å². The highest BCUT2D eigenvalue weighted by Crippen LogP contribution is 2.40. The van der Waals surface area contributed by atoms with Crippen LogP contribution < -0.4 is 5.56 Å². The predicted molar refractivity (Wildman–Crippen MR) is 116 cm³/mol. The van der Waals surface area contributed by atoms with Gasteiger partial charge in [0.2, 0.25) is 0 Å². The van der Waals surface area contributed by atoms with Gasteiger partial charge in [0.1, 0.15) is 5.69 Å². The average Bonchev–Trinajstić information content (AvgIpc) is 3.11. The van der Waals surface area contributed by atoms with Crippen LogP contribution in [0.2, 0.25) is 5.02 Å². The van der Waals surface area contributed by atoms with Crippen LogP contribution in [-0.4, -0.2) is 14.5 Å². The van der Waals surface area contributed by atoms with Gasteiger partial charge in [-0.1, -0.05) is 54.1 Å². The fourth-order valence-electron chi connectivity index (χ4n) is 4.20. The average molecular weight is 396 g/mol. The van der Waals surface area contributed by atoms with Crippen LogP contribution in [0.4, 0.5) is 0 Å². The lowest BCUT2D eigenvalue weighted by Gasteiger charge is -2.12. The molecular weight excluding hydrogens is 382 g/mol. The topological polar surface area (TPSA) is 47.8 Å². The molecule has 1 aliphatic heterocycles. The highest BCUT2D eigenvalue weighted by Gasteiger charge is 2.28. The summed E-state index contributed by atoms with van der Waals surface area (Å²) in [5.41, 5.74) is 5.39. The van der Waals surface area contributed by atoms with Gasteiger partial charge in [-0.05, 0) is 41.5 Å². The quantitative estimate of drug-likeness (QED) is 0.380. The molecule has 0 bridgehead atoms. The summed E-state index contributed by atoms with van der Waals surface area (Å²) in [6.07, 6.45) is 0. The van der Waals surface area contributed by atoms with Crippen LogP contribution in [0.5, 0.6) is 0 Å². The minimum atomic E-state index is -0.0373. The minimum Gasteiger partial charge on any atom is -0.286 e. The van der Waals surface area contributed by atoms with E-state index in [1.165, 1.54) is 0 Å². The number of halogens is 1. The molecule has 1 aliphatic rings. The molecule has 0 aliphatic carbocycles. The Balaban J connectivity index is 1.76. The van der Waals surface area contributed by atoms with E-state index < -0.39 is 0 Å². The molecule has 29 heavy (non-hydrogen) atoms. The van der Waals surface area contributed by atoms with Crippen molar-refractivity contribution in [3.05, 3.63) is 93.7 Å². The van der Waals surface area contributed by atoms with Crippen LogP contribution in [-0.2, 0) is 6.54 Å². The number of benzene rings is 3. The van der Waals surface area contributed by atoms with Gasteiger partial charge in [-0.2, -0.15) is 0 Å². The summed E-state index contributed by atoms with van der Waals surface area (Å²) in [5, 5.41) is 2.26. The number of fused-ring (bicyclic) bond motifs is 5. The molecule has 0 saturated carbocycles. The molecule has 6 rings (SSSR count). The Kier molecular flexibility index (Phi) is 3.40. The third-order valence-corrected chi connectivity index (χ3v) is 5.74. The SMILES string of the molecule is O=c1c2ccccc2nc2n1Cc1c-2nc2ccc(Cl)cc2c1-c1ccccc1. The van der Waals surface area contributed by atoms with Crippen molar-refractivity contribution in [1.82, 2.24) is 14.5 Å². The molecule has 2 aromatic heterocycles. The highest BCUT2D eigenvalue weighted by atomic mass is 35.5. The van der Waals surface area contributed by atoms with E-state index in [1.807, 2.05) is 60.7 Å². The van der Waals surface area contributed by atoms with Crippen LogP contribution in [0.3, 0.4) is 0 Å². The maximum Gasteiger partial charge on any atom is 0.262 e. The van der Waals surface area contributed by atoms with E-state index in [9.17, 15) is 4.79 Å². The van der Waals surface area contributed by atoms with E-state index in [-0.39, 0.29) is 5.56 Å². The van der Waals surface area contributed by atoms with Crippen molar-refractivity contribution in [2.24, 2.45) is 0 Å². The first-order valence-electron chi connectivity index (χ1n) is 9.38. The largest absolute Gasteiger partial charge is 0.286 e. The molecule has 4 nitrogen and oxygen atoms in total. The van der Waals surface area contributed by atoms with Gasteiger partial charge in [-0.3, -0.25) is 9.36 Å². The zero-order valence-corrected chi connectivity index (χ0v) is 16.0. The molecular formula is C24H14ClN3O. The lowest BCUT2D eigenvalue weighted by atomic mass is 9.95. The number of para-hydroxylation sites is 1. The van der Waals surface area contributed by atoms with Crippen molar-refractivity contribution in [2.45, 2.75) is 6.54 Å². The number of pyridine rings is 1. The van der Waals surface area contributed by atoms with Crippen molar-refractivity contribution in [2.75, 3.05) is 0 Å². The maximum absolute atomic E-state index is 13.2. The molecule has 3 aromatic carbocycles. The van der Waals surface area contributed by atoms with E-state index in [0.717, 1.165) is 33.3 Å². The van der Waals surface area contributed by atoms with Crippen molar-refractivity contribution in [3.8, 4) is 22.6 Å². The van der Waals surface area contributed by atoms with Gasteiger partial charge in [0.25, 0.3) is 5.56 Å². The van der Waals surface area contributed by atoms with Crippen molar-refractivity contribution < 1.29 is 0 Å². The van der Waals surface area contributed by atoms with Gasteiger partial charge in [0.05, 0.1) is 23.0 Å². The smallest absolute Gasteiger partial charge is 0.262 e. The maximum atomic E-state index is 13.2. The number of nitrogens with zero attached hydrogens (tertiary/aromatic N) is 3. The Morgan fingerprint density at radius 1 is 0.828 bits per heavy atom. The van der Waals surface area contributed by atoms with Crippen molar-refractivity contribution in [3.63, 3.8) is 0 Å². The summed E-state index contributed by atoms with van der Waals surface area (Å²) in [4.78, 5) is 22.8. The Hall–Kier alpha value is -3.50. The fourth-order valence-corrected chi connectivity index (χ4v) is 4.37. The molecule has 3 heterocycles. The lowest BCUT2D eigenvalue weighted by molar-refractivity contribution is 0.798. The normalized spacial score (nSPS) is 12.3. The summed E-state index contributed by atoms with van der Waals surface area (Å²) in [6.45, 7) is 0.445. The Morgan fingerprint density at radius 2 is 1.59 bits per heavy atom. The highest BCUT2D eigenvalue weighted by molar-refractivity contribution is 6.31. The summed E-state index contributed by atoms with van der Waals surface area (Å²) in [5.74, 6) is 0.623. The zero-order valence-electron chi connectivity index (χ0n) is 15.3. The van der Waals surface area contributed by atoms with E-state index >= 15 is 0 Å². The van der Waals surface area contributed by atoms with Crippen LogP contribution in [0.15, 0.2) is 77.6 Å². The van der Waals surface area contributed by atoms with Gasteiger partial charge in [-0.15, -0.1) is 0 Å². The van der Waals surface area contributed by atoms with Gasteiger partial charge < -0.3 is 0 Å². The van der Waals surface area contributed by atoms with Crippen LogP contribution in [0, 0.1) is 0 Å². The standard InChI is InChI=1S/C24H14ClN3O/c25-15-10-11-20-17(12-15)21(14-6-2-1-3-7-14)18-13-28-23(22(18)26-20)27-19-9-5-4-8-16(19)24(28)29/h1-12H,13H2. The molecule has 5 heteroatoms. The third-order valence-electron chi connectivity index (χ3n) is 5.50. The predicted octanol–water partition coefficient (Wildman–Crippen LogP) is 5.29. The van der Waals surface area contributed by atoms with E-state index in [4.69, 9.17) is 21.6 Å². The summed E-state index contributed by atoms with van der Waals surface area (Å²) in [6, 6.07) is 23.3. The summed E-state index contributed by atoms with van der Waals surface area (Å²) in [7, 11) is 0. The molecule has 138 valence electrons. The van der Waals surface area contributed by atoms with Crippen LogP contribution in [0.25, 0.3) is 44.5 Å². The molecule has 0 atom stereocenters. The molecule has 5 aromatic rings. The van der Waals surface area contributed by atoms with Gasteiger partial charge in [-0.25, -0.2) is 9.97 Å². The first-order valence-corrected chi connectivity index (χ1v) is 9.76. The lowest BCUT2D eigenvalue weighted by Crippen LogP contribution is -2.20. The Labute approximate surface area is 171 Å². The molecule has 0 spiro atoms. The summed E-state index contributed by atoms with van der Waals surface area (Å²) < 4.78 is 1.73. The van der Waals surface area contributed by atoms with E-state index in [1.54, 1.807) is 4.57 Å². The second kappa shape index (κ2) is 6.00. The number of aromatic nitrogens is 3.